The summed E-state index contributed by atoms with van der Waals surface area (Å²) in [7, 11) is 0. The van der Waals surface area contributed by atoms with Gasteiger partial charge in [-0.05, 0) is 24.1 Å². The van der Waals surface area contributed by atoms with Gasteiger partial charge in [0.2, 0.25) is 5.95 Å². The largest absolute Gasteiger partial charge is 0.340 e. The summed E-state index contributed by atoms with van der Waals surface area (Å²) >= 11 is 6.05. The van der Waals surface area contributed by atoms with Crippen molar-refractivity contribution in [1.82, 2.24) is 9.97 Å². The second kappa shape index (κ2) is 5.52. The smallest absolute Gasteiger partial charge is 0.225 e. The molecule has 4 heteroatoms. The van der Waals surface area contributed by atoms with Crippen molar-refractivity contribution in [1.29, 1.82) is 0 Å². The molecule has 0 amide bonds. The molecule has 1 aromatic heterocycles. The van der Waals surface area contributed by atoms with E-state index in [-0.39, 0.29) is 0 Å². The Bertz CT molecular complexity index is 646. The fourth-order valence-electron chi connectivity index (χ4n) is 2.53. The fourth-order valence-corrected chi connectivity index (χ4v) is 2.73. The Morgan fingerprint density at radius 1 is 1.30 bits per heavy atom. The zero-order valence-corrected chi connectivity index (χ0v) is 11.7. The normalized spacial score (nSPS) is 18.0. The highest BCUT2D eigenvalue weighted by Gasteiger charge is 2.25. The van der Waals surface area contributed by atoms with E-state index >= 15 is 0 Å². The molecule has 0 bridgehead atoms. The molecule has 100 valence electrons. The molecule has 1 aliphatic heterocycles. The fraction of sp³-hybridized carbons (Fsp3) is 0.250. The summed E-state index contributed by atoms with van der Waals surface area (Å²) in [5.74, 6) is 3.75. The Labute approximate surface area is 123 Å². The lowest BCUT2D eigenvalue weighted by Crippen LogP contribution is -2.21. The van der Waals surface area contributed by atoms with Gasteiger partial charge < -0.3 is 4.90 Å². The Balaban J connectivity index is 1.74. The molecule has 1 aliphatic rings. The number of rotatable bonds is 2. The van der Waals surface area contributed by atoms with E-state index in [9.17, 15) is 0 Å². The summed E-state index contributed by atoms with van der Waals surface area (Å²) in [5.41, 5.74) is 1.99. The monoisotopic (exact) mass is 283 g/mol. The summed E-state index contributed by atoms with van der Waals surface area (Å²) in [6.07, 6.45) is 9.77. The molecule has 0 spiro atoms. The molecule has 1 atom stereocenters. The third-order valence-electron chi connectivity index (χ3n) is 3.60. The van der Waals surface area contributed by atoms with Gasteiger partial charge in [-0.1, -0.05) is 29.7 Å². The van der Waals surface area contributed by atoms with Crippen LogP contribution in [0.4, 0.5) is 5.95 Å². The van der Waals surface area contributed by atoms with Crippen molar-refractivity contribution >= 4 is 17.5 Å². The first-order valence-electron chi connectivity index (χ1n) is 6.55. The number of hydrogen-bond donors (Lipinski definition) is 0. The maximum atomic E-state index is 6.05. The van der Waals surface area contributed by atoms with E-state index in [2.05, 4.69) is 26.9 Å². The molecule has 0 radical (unpaired) electrons. The van der Waals surface area contributed by atoms with Crippen LogP contribution in [-0.2, 0) is 0 Å². The summed E-state index contributed by atoms with van der Waals surface area (Å²) in [4.78, 5) is 10.8. The molecule has 0 saturated carbocycles. The molecular weight excluding hydrogens is 270 g/mol. The Hall–Kier alpha value is -2.05. The van der Waals surface area contributed by atoms with Crippen LogP contribution in [0.3, 0.4) is 0 Å². The van der Waals surface area contributed by atoms with Gasteiger partial charge in [0.1, 0.15) is 0 Å². The Morgan fingerprint density at radius 3 is 2.80 bits per heavy atom. The summed E-state index contributed by atoms with van der Waals surface area (Å²) < 4.78 is 0. The molecule has 1 aromatic carbocycles. The van der Waals surface area contributed by atoms with E-state index in [1.165, 1.54) is 5.56 Å². The topological polar surface area (TPSA) is 29.0 Å². The van der Waals surface area contributed by atoms with E-state index in [0.717, 1.165) is 30.5 Å². The van der Waals surface area contributed by atoms with Gasteiger partial charge >= 0.3 is 0 Å². The molecule has 20 heavy (non-hydrogen) atoms. The first-order valence-corrected chi connectivity index (χ1v) is 6.93. The average Bonchev–Trinajstić information content (AvgIpc) is 2.97. The molecule has 0 aliphatic carbocycles. The van der Waals surface area contributed by atoms with Gasteiger partial charge in [-0.15, -0.1) is 6.42 Å². The van der Waals surface area contributed by atoms with Crippen LogP contribution in [0, 0.1) is 12.3 Å². The zero-order valence-electron chi connectivity index (χ0n) is 11.0. The van der Waals surface area contributed by atoms with Crippen LogP contribution in [-0.4, -0.2) is 23.1 Å². The van der Waals surface area contributed by atoms with Crippen LogP contribution in [0.1, 0.15) is 23.5 Å². The Morgan fingerprint density at radius 2 is 2.10 bits per heavy atom. The lowest BCUT2D eigenvalue weighted by Gasteiger charge is -2.16. The van der Waals surface area contributed by atoms with Crippen molar-refractivity contribution in [2.75, 3.05) is 18.0 Å². The minimum absolute atomic E-state index is 0.476. The molecule has 3 nitrogen and oxygen atoms in total. The molecule has 1 saturated heterocycles. The van der Waals surface area contributed by atoms with Crippen molar-refractivity contribution < 1.29 is 0 Å². The average molecular weight is 284 g/mol. The highest BCUT2D eigenvalue weighted by molar-refractivity contribution is 6.30. The number of benzene rings is 1. The van der Waals surface area contributed by atoms with Crippen molar-refractivity contribution in [2.24, 2.45) is 0 Å². The van der Waals surface area contributed by atoms with Crippen LogP contribution in [0.5, 0.6) is 0 Å². The van der Waals surface area contributed by atoms with Crippen LogP contribution in [0.25, 0.3) is 0 Å². The van der Waals surface area contributed by atoms with Crippen molar-refractivity contribution in [3.8, 4) is 12.3 Å². The van der Waals surface area contributed by atoms with Crippen LogP contribution in [0.15, 0.2) is 36.7 Å². The van der Waals surface area contributed by atoms with Gasteiger partial charge in [0.25, 0.3) is 0 Å². The second-order valence-corrected chi connectivity index (χ2v) is 5.34. The SMILES string of the molecule is C#Cc1cnc(N2CCC(c3cccc(Cl)c3)C2)nc1. The molecule has 1 unspecified atom stereocenters. The number of aromatic nitrogens is 2. The Kier molecular flexibility index (Phi) is 3.58. The highest BCUT2D eigenvalue weighted by Crippen LogP contribution is 2.30. The standard InChI is InChI=1S/C16H14ClN3/c1-2-12-9-18-16(19-10-12)20-7-6-14(11-20)13-4-3-5-15(17)8-13/h1,3-5,8-10,14H,6-7,11H2. The van der Waals surface area contributed by atoms with Gasteiger partial charge in [-0.25, -0.2) is 9.97 Å². The number of anilines is 1. The summed E-state index contributed by atoms with van der Waals surface area (Å²) in [6, 6.07) is 8.07. The minimum atomic E-state index is 0.476. The third kappa shape index (κ3) is 2.61. The van der Waals surface area contributed by atoms with E-state index in [1.807, 2.05) is 18.2 Å². The van der Waals surface area contributed by atoms with Gasteiger partial charge in [-0.3, -0.25) is 0 Å². The summed E-state index contributed by atoms with van der Waals surface area (Å²) in [6.45, 7) is 1.86. The van der Waals surface area contributed by atoms with Crippen molar-refractivity contribution in [3.63, 3.8) is 0 Å². The van der Waals surface area contributed by atoms with E-state index in [1.54, 1.807) is 12.4 Å². The molecule has 0 N–H and O–H groups in total. The lowest BCUT2D eigenvalue weighted by molar-refractivity contribution is 0.773. The van der Waals surface area contributed by atoms with E-state index < -0.39 is 0 Å². The first-order chi connectivity index (χ1) is 9.76. The van der Waals surface area contributed by atoms with E-state index in [0.29, 0.717) is 11.5 Å². The second-order valence-electron chi connectivity index (χ2n) is 4.90. The maximum Gasteiger partial charge on any atom is 0.225 e. The molecular formula is C16H14ClN3. The predicted octanol–water partition coefficient (Wildman–Crippen LogP) is 3.11. The summed E-state index contributed by atoms with van der Waals surface area (Å²) in [5, 5.41) is 0.788. The molecule has 3 rings (SSSR count). The number of halogens is 1. The van der Waals surface area contributed by atoms with Crippen molar-refractivity contribution in [2.45, 2.75) is 12.3 Å². The van der Waals surface area contributed by atoms with Gasteiger partial charge in [0.05, 0.1) is 5.56 Å². The van der Waals surface area contributed by atoms with Crippen LogP contribution >= 0.6 is 11.6 Å². The predicted molar refractivity (Wildman–Crippen MR) is 81.0 cm³/mol. The zero-order chi connectivity index (χ0) is 13.9. The van der Waals surface area contributed by atoms with Gasteiger partial charge in [0.15, 0.2) is 0 Å². The van der Waals surface area contributed by atoms with E-state index in [4.69, 9.17) is 18.0 Å². The van der Waals surface area contributed by atoms with Crippen LogP contribution < -0.4 is 4.90 Å². The molecule has 2 heterocycles. The quantitative estimate of drug-likeness (QED) is 0.793. The van der Waals surface area contributed by atoms with Gasteiger partial charge in [0, 0.05) is 36.4 Å². The third-order valence-corrected chi connectivity index (χ3v) is 3.83. The lowest BCUT2D eigenvalue weighted by atomic mass is 9.99. The molecule has 2 aromatic rings. The number of nitrogens with zero attached hydrogens (tertiary/aromatic N) is 3. The first kappa shape index (κ1) is 13.0. The van der Waals surface area contributed by atoms with Crippen LogP contribution in [0.2, 0.25) is 5.02 Å². The van der Waals surface area contributed by atoms with Crippen molar-refractivity contribution in [3.05, 3.63) is 52.8 Å². The maximum absolute atomic E-state index is 6.05. The minimum Gasteiger partial charge on any atom is -0.340 e. The molecule has 1 fully saturated rings. The number of terminal acetylenes is 1. The highest BCUT2D eigenvalue weighted by atomic mass is 35.5. The van der Waals surface area contributed by atoms with Gasteiger partial charge in [-0.2, -0.15) is 0 Å². The number of hydrogen-bond acceptors (Lipinski definition) is 3.